The average molecular weight is 572 g/mol. The molecule has 4 bridgehead atoms. The van der Waals surface area contributed by atoms with Crippen molar-refractivity contribution in [2.45, 2.75) is 69.7 Å². The number of aromatic nitrogens is 2. The Balaban J connectivity index is 1.22. The second-order valence-corrected chi connectivity index (χ2v) is 13.5. The zero-order valence-corrected chi connectivity index (χ0v) is 24.5. The van der Waals surface area contributed by atoms with Crippen LogP contribution < -0.4 is 0 Å². The molecule has 1 amide bonds. The van der Waals surface area contributed by atoms with Gasteiger partial charge in [0.25, 0.3) is 5.91 Å². The summed E-state index contributed by atoms with van der Waals surface area (Å²) in [5.41, 5.74) is 2.26. The number of carbonyl (C=O) groups is 2. The van der Waals surface area contributed by atoms with Crippen LogP contribution in [-0.4, -0.2) is 44.5 Å². The third kappa shape index (κ3) is 5.51. The monoisotopic (exact) mass is 571 g/mol. The maximum Gasteiger partial charge on any atom is 0.256 e. The number of amides is 1. The predicted octanol–water partition coefficient (Wildman–Crippen LogP) is 5.99. The number of ketones is 1. The van der Waals surface area contributed by atoms with E-state index >= 15 is 0 Å². The van der Waals surface area contributed by atoms with Crippen molar-refractivity contribution in [2.75, 3.05) is 6.54 Å². The Morgan fingerprint density at radius 1 is 0.837 bits per heavy atom. The number of hydrogen-bond donors (Lipinski definition) is 0. The van der Waals surface area contributed by atoms with Gasteiger partial charge in [-0.1, -0.05) is 12.1 Å². The number of rotatable bonds is 10. The summed E-state index contributed by atoms with van der Waals surface area (Å²) >= 11 is 0. The normalized spacial score (nSPS) is 26.8. The number of nitriles is 1. The predicted molar refractivity (Wildman–Crippen MR) is 163 cm³/mol. The number of hydrogen-bond acceptors (Lipinski definition) is 6. The summed E-state index contributed by atoms with van der Waals surface area (Å²) in [6.45, 7) is 0.596. The molecule has 2 aromatic heterocycles. The van der Waals surface area contributed by atoms with E-state index in [1.165, 1.54) is 38.5 Å². The van der Waals surface area contributed by atoms with Gasteiger partial charge in [-0.05, 0) is 116 Å². The molecule has 1 aromatic carbocycles. The minimum absolute atomic E-state index is 0.0199. The minimum Gasteiger partial charge on any atom is -0.298 e. The third-order valence-corrected chi connectivity index (χ3v) is 10.5. The first-order valence-electron chi connectivity index (χ1n) is 15.6. The Kier molecular flexibility index (Phi) is 7.17. The van der Waals surface area contributed by atoms with Crippen molar-refractivity contribution in [2.24, 2.45) is 28.2 Å². The molecule has 3 heterocycles. The van der Waals surface area contributed by atoms with Gasteiger partial charge in [0.05, 0.1) is 18.1 Å². The second kappa shape index (κ2) is 11.1. The van der Waals surface area contributed by atoms with Crippen molar-refractivity contribution >= 4 is 17.5 Å². The van der Waals surface area contributed by atoms with Gasteiger partial charge < -0.3 is 0 Å². The highest BCUT2D eigenvalue weighted by Gasteiger charge is 2.53. The van der Waals surface area contributed by atoms with Crippen LogP contribution in [0.5, 0.6) is 0 Å². The number of benzene rings is 1. The largest absolute Gasteiger partial charge is 0.298 e. The van der Waals surface area contributed by atoms with Crippen LogP contribution in [0, 0.1) is 34.5 Å². The van der Waals surface area contributed by atoms with Gasteiger partial charge in [0.15, 0.2) is 5.78 Å². The summed E-state index contributed by atoms with van der Waals surface area (Å²) in [5.74, 6) is 2.96. The van der Waals surface area contributed by atoms with E-state index in [0.29, 0.717) is 41.8 Å². The first kappa shape index (κ1) is 27.6. The average Bonchev–Trinajstić information content (AvgIpc) is 3.25. The fourth-order valence-corrected chi connectivity index (χ4v) is 8.98. The second-order valence-electron chi connectivity index (χ2n) is 13.5. The van der Waals surface area contributed by atoms with Crippen molar-refractivity contribution in [1.82, 2.24) is 14.9 Å². The van der Waals surface area contributed by atoms with E-state index in [4.69, 9.17) is 4.99 Å². The summed E-state index contributed by atoms with van der Waals surface area (Å²) < 4.78 is 0. The van der Waals surface area contributed by atoms with Crippen molar-refractivity contribution in [3.8, 4) is 6.07 Å². The van der Waals surface area contributed by atoms with Crippen molar-refractivity contribution < 1.29 is 9.59 Å². The van der Waals surface area contributed by atoms with E-state index in [0.717, 1.165) is 35.3 Å². The van der Waals surface area contributed by atoms with Gasteiger partial charge in [0, 0.05) is 49.7 Å². The highest BCUT2D eigenvalue weighted by atomic mass is 16.2. The van der Waals surface area contributed by atoms with Crippen LogP contribution in [-0.2, 0) is 17.6 Å². The lowest BCUT2D eigenvalue weighted by Gasteiger charge is -2.57. The molecule has 0 unspecified atom stereocenters. The standard InChI is InChI=1S/C36H37N5O2/c37-24-27-1-3-31(4-2-27)32(42)18-33-40-36(22-25-5-10-38-11-6-25,23-26-7-12-39-13-8-26)34(43)41(33)14-9-35-19-28-15-29(20-35)17-30(16-28)21-35/h1-8,10-13,28-30H,9,14-23H2. The highest BCUT2D eigenvalue weighted by Crippen LogP contribution is 2.61. The van der Waals surface area contributed by atoms with Gasteiger partial charge in [0.2, 0.25) is 0 Å². The van der Waals surface area contributed by atoms with E-state index in [-0.39, 0.29) is 18.1 Å². The molecule has 0 saturated heterocycles. The summed E-state index contributed by atoms with van der Waals surface area (Å²) in [6.07, 6.45) is 16.8. The molecule has 7 nitrogen and oxygen atoms in total. The van der Waals surface area contributed by atoms with Gasteiger partial charge in [0.1, 0.15) is 11.4 Å². The molecule has 4 fully saturated rings. The zero-order chi connectivity index (χ0) is 29.4. The molecule has 218 valence electrons. The molecule has 0 atom stereocenters. The summed E-state index contributed by atoms with van der Waals surface area (Å²) in [5, 5.41) is 9.20. The van der Waals surface area contributed by atoms with Gasteiger partial charge in [-0.3, -0.25) is 29.4 Å². The molecule has 4 saturated carbocycles. The first-order valence-corrected chi connectivity index (χ1v) is 15.6. The van der Waals surface area contributed by atoms with Crippen LogP contribution in [0.2, 0.25) is 0 Å². The van der Waals surface area contributed by atoms with E-state index < -0.39 is 5.54 Å². The molecule has 0 N–H and O–H groups in total. The number of nitrogens with zero attached hydrogens (tertiary/aromatic N) is 5. The zero-order valence-electron chi connectivity index (χ0n) is 24.5. The molecular weight excluding hydrogens is 534 g/mol. The maximum absolute atomic E-state index is 14.7. The quantitative estimate of drug-likeness (QED) is 0.278. The minimum atomic E-state index is -1.05. The number of amidine groups is 1. The van der Waals surface area contributed by atoms with Gasteiger partial charge in [-0.2, -0.15) is 5.26 Å². The Bertz CT molecular complexity index is 1500. The molecule has 4 aliphatic carbocycles. The van der Waals surface area contributed by atoms with Gasteiger partial charge in [-0.15, -0.1) is 0 Å². The summed E-state index contributed by atoms with van der Waals surface area (Å²) in [7, 11) is 0. The Hall–Kier alpha value is -4.18. The third-order valence-electron chi connectivity index (χ3n) is 10.5. The Labute approximate surface area is 253 Å². The smallest absolute Gasteiger partial charge is 0.256 e. The molecule has 0 radical (unpaired) electrons. The lowest BCUT2D eigenvalue weighted by Crippen LogP contribution is -2.50. The van der Waals surface area contributed by atoms with Crippen LogP contribution in [0.3, 0.4) is 0 Å². The highest BCUT2D eigenvalue weighted by molar-refractivity contribution is 6.17. The van der Waals surface area contributed by atoms with Gasteiger partial charge in [-0.25, -0.2) is 0 Å². The first-order chi connectivity index (χ1) is 20.9. The number of pyridine rings is 2. The van der Waals surface area contributed by atoms with Crippen LogP contribution in [0.15, 0.2) is 78.3 Å². The fourth-order valence-electron chi connectivity index (χ4n) is 8.98. The van der Waals surface area contributed by atoms with Crippen LogP contribution in [0.4, 0.5) is 0 Å². The molecule has 7 heteroatoms. The molecule has 0 spiro atoms. The van der Waals surface area contributed by atoms with Crippen molar-refractivity contribution in [3.63, 3.8) is 0 Å². The molecule has 1 aliphatic heterocycles. The topological polar surface area (TPSA) is 99.3 Å². The van der Waals surface area contributed by atoms with Crippen molar-refractivity contribution in [3.05, 3.63) is 95.6 Å². The van der Waals surface area contributed by atoms with Crippen molar-refractivity contribution in [1.29, 1.82) is 5.26 Å². The van der Waals surface area contributed by atoms with Crippen LogP contribution >= 0.6 is 0 Å². The number of Topliss-reactive ketones (excluding diaryl/α,β-unsaturated/α-hetero) is 1. The van der Waals surface area contributed by atoms with E-state index in [9.17, 15) is 14.9 Å². The van der Waals surface area contributed by atoms with Crippen LogP contribution in [0.1, 0.15) is 78.4 Å². The van der Waals surface area contributed by atoms with E-state index in [1.807, 2.05) is 29.2 Å². The summed E-state index contributed by atoms with van der Waals surface area (Å²) in [6, 6.07) is 16.6. The molecule has 8 rings (SSSR count). The SMILES string of the molecule is N#Cc1ccc(C(=O)CC2=NC(Cc3ccncc3)(Cc3ccncc3)C(=O)N2CCC23CC4CC(CC(C4)C2)C3)cc1. The molecule has 3 aromatic rings. The lowest BCUT2D eigenvalue weighted by molar-refractivity contribution is -0.132. The van der Waals surface area contributed by atoms with Gasteiger partial charge >= 0.3 is 0 Å². The lowest BCUT2D eigenvalue weighted by atomic mass is 9.49. The molecular formula is C36H37N5O2. The van der Waals surface area contributed by atoms with E-state index in [2.05, 4.69) is 16.0 Å². The summed E-state index contributed by atoms with van der Waals surface area (Å²) in [4.78, 5) is 43.7. The Morgan fingerprint density at radius 2 is 1.37 bits per heavy atom. The van der Waals surface area contributed by atoms with Crippen LogP contribution in [0.25, 0.3) is 0 Å². The Morgan fingerprint density at radius 3 is 1.88 bits per heavy atom. The van der Waals surface area contributed by atoms with E-state index in [1.54, 1.807) is 49.1 Å². The number of aliphatic imine (C=N–C) groups is 1. The fraction of sp³-hybridized carbons (Fsp3) is 0.444. The number of carbonyl (C=O) groups excluding carboxylic acids is 2. The maximum atomic E-state index is 14.7. The molecule has 43 heavy (non-hydrogen) atoms. The molecule has 5 aliphatic rings.